The van der Waals surface area contributed by atoms with Gasteiger partial charge in [-0.2, -0.15) is 0 Å². The minimum atomic E-state index is -0.540. The third-order valence-corrected chi connectivity index (χ3v) is 4.59. The lowest BCUT2D eigenvalue weighted by Crippen LogP contribution is -2.63. The smallest absolute Gasteiger partial charge is 0.247 e. The second-order valence-electron chi connectivity index (χ2n) is 5.05. The Kier molecular flexibility index (Phi) is 4.12. The standard InChI is InChI=1S/C16H14BrClN2O2/c1-22-13-7-6-11(8-12(13)18)20-15(14(19)16(20)21)9-2-4-10(17)5-3-9/h2-8,14-15H,19H2,1H3/t14-,15-/m1/s1. The Hall–Kier alpha value is -1.56. The van der Waals surface area contributed by atoms with E-state index >= 15 is 0 Å². The summed E-state index contributed by atoms with van der Waals surface area (Å²) in [5.41, 5.74) is 7.70. The summed E-state index contributed by atoms with van der Waals surface area (Å²) in [6.45, 7) is 0. The fourth-order valence-electron chi connectivity index (χ4n) is 2.62. The van der Waals surface area contributed by atoms with E-state index in [4.69, 9.17) is 22.1 Å². The van der Waals surface area contributed by atoms with Crippen molar-refractivity contribution < 1.29 is 9.53 Å². The van der Waals surface area contributed by atoms with Crippen LogP contribution < -0.4 is 15.4 Å². The molecule has 0 saturated carbocycles. The van der Waals surface area contributed by atoms with Gasteiger partial charge in [-0.3, -0.25) is 4.79 Å². The minimum Gasteiger partial charge on any atom is -0.495 e. The zero-order valence-electron chi connectivity index (χ0n) is 11.8. The summed E-state index contributed by atoms with van der Waals surface area (Å²) >= 11 is 9.56. The summed E-state index contributed by atoms with van der Waals surface area (Å²) in [5, 5.41) is 0.461. The van der Waals surface area contributed by atoms with Gasteiger partial charge in [-0.15, -0.1) is 0 Å². The van der Waals surface area contributed by atoms with Gasteiger partial charge in [0, 0.05) is 10.2 Å². The Bertz CT molecular complexity index is 721. The first-order chi connectivity index (χ1) is 10.5. The van der Waals surface area contributed by atoms with Gasteiger partial charge in [0.15, 0.2) is 0 Å². The molecule has 6 heteroatoms. The maximum Gasteiger partial charge on any atom is 0.247 e. The third-order valence-electron chi connectivity index (χ3n) is 3.77. The van der Waals surface area contributed by atoms with E-state index in [-0.39, 0.29) is 11.9 Å². The molecule has 2 N–H and O–H groups in total. The first kappa shape index (κ1) is 15.3. The van der Waals surface area contributed by atoms with Crippen molar-refractivity contribution in [3.8, 4) is 5.75 Å². The lowest BCUT2D eigenvalue weighted by atomic mass is 9.88. The topological polar surface area (TPSA) is 55.6 Å². The van der Waals surface area contributed by atoms with Crippen molar-refractivity contribution in [2.75, 3.05) is 12.0 Å². The molecule has 0 bridgehead atoms. The van der Waals surface area contributed by atoms with Crippen LogP contribution in [-0.2, 0) is 4.79 Å². The number of halogens is 2. The molecule has 1 saturated heterocycles. The average molecular weight is 382 g/mol. The van der Waals surface area contributed by atoms with Crippen LogP contribution in [0, 0.1) is 0 Å². The Balaban J connectivity index is 1.96. The fourth-order valence-corrected chi connectivity index (χ4v) is 3.14. The van der Waals surface area contributed by atoms with E-state index < -0.39 is 6.04 Å². The number of hydrogen-bond acceptors (Lipinski definition) is 3. The molecular weight excluding hydrogens is 368 g/mol. The fraction of sp³-hybridized carbons (Fsp3) is 0.188. The second-order valence-corrected chi connectivity index (χ2v) is 6.37. The second kappa shape index (κ2) is 5.91. The molecule has 1 heterocycles. The van der Waals surface area contributed by atoms with Gasteiger partial charge >= 0.3 is 0 Å². The monoisotopic (exact) mass is 380 g/mol. The predicted octanol–water partition coefficient (Wildman–Crippen LogP) is 3.53. The number of carbonyl (C=O) groups is 1. The number of anilines is 1. The minimum absolute atomic E-state index is 0.117. The number of β-lactam (4-membered cyclic amide) rings is 1. The molecule has 0 unspecified atom stereocenters. The molecule has 1 aliphatic heterocycles. The average Bonchev–Trinajstić information content (AvgIpc) is 2.52. The number of nitrogens with zero attached hydrogens (tertiary/aromatic N) is 1. The Labute approximate surface area is 141 Å². The number of benzene rings is 2. The van der Waals surface area contributed by atoms with Gasteiger partial charge in [0.1, 0.15) is 11.8 Å². The number of hydrogen-bond donors (Lipinski definition) is 1. The van der Waals surface area contributed by atoms with Crippen LogP contribution in [0.2, 0.25) is 5.02 Å². The third kappa shape index (κ3) is 2.49. The lowest BCUT2D eigenvalue weighted by molar-refractivity contribution is -0.126. The highest BCUT2D eigenvalue weighted by atomic mass is 79.9. The highest BCUT2D eigenvalue weighted by Gasteiger charge is 2.46. The Morgan fingerprint density at radius 3 is 2.50 bits per heavy atom. The van der Waals surface area contributed by atoms with Gasteiger partial charge < -0.3 is 15.4 Å². The Morgan fingerprint density at radius 2 is 1.91 bits per heavy atom. The molecule has 2 aromatic carbocycles. The van der Waals surface area contributed by atoms with Crippen LogP contribution in [0.5, 0.6) is 5.75 Å². The summed E-state index contributed by atoms with van der Waals surface area (Å²) in [6.07, 6.45) is 0. The van der Waals surface area contributed by atoms with E-state index in [9.17, 15) is 4.79 Å². The first-order valence-corrected chi connectivity index (χ1v) is 7.87. The van der Waals surface area contributed by atoms with Gasteiger partial charge in [0.2, 0.25) is 5.91 Å². The number of amides is 1. The number of nitrogens with two attached hydrogens (primary N) is 1. The summed E-state index contributed by atoms with van der Waals surface area (Å²) in [7, 11) is 1.55. The van der Waals surface area contributed by atoms with Crippen molar-refractivity contribution in [1.82, 2.24) is 0 Å². The highest BCUT2D eigenvalue weighted by molar-refractivity contribution is 9.10. The van der Waals surface area contributed by atoms with Crippen LogP contribution in [-0.4, -0.2) is 19.1 Å². The predicted molar refractivity (Wildman–Crippen MR) is 90.3 cm³/mol. The largest absolute Gasteiger partial charge is 0.495 e. The highest BCUT2D eigenvalue weighted by Crippen LogP contribution is 2.40. The van der Waals surface area contributed by atoms with Crippen LogP contribution in [0.15, 0.2) is 46.9 Å². The van der Waals surface area contributed by atoms with Crippen LogP contribution in [0.4, 0.5) is 5.69 Å². The van der Waals surface area contributed by atoms with E-state index in [1.165, 1.54) is 0 Å². The Morgan fingerprint density at radius 1 is 1.23 bits per heavy atom. The number of carbonyl (C=O) groups excluding carboxylic acids is 1. The molecule has 22 heavy (non-hydrogen) atoms. The number of methoxy groups -OCH3 is 1. The molecule has 3 rings (SSSR count). The van der Waals surface area contributed by atoms with Crippen molar-refractivity contribution in [2.24, 2.45) is 5.73 Å². The summed E-state index contributed by atoms with van der Waals surface area (Å²) in [6, 6.07) is 12.3. The van der Waals surface area contributed by atoms with Crippen LogP contribution in [0.1, 0.15) is 11.6 Å². The molecule has 0 aromatic heterocycles. The van der Waals surface area contributed by atoms with Crippen molar-refractivity contribution in [3.05, 3.63) is 57.5 Å². The zero-order valence-corrected chi connectivity index (χ0v) is 14.1. The van der Waals surface area contributed by atoms with Gasteiger partial charge in [0.25, 0.3) is 0 Å². The summed E-state index contributed by atoms with van der Waals surface area (Å²) in [5.74, 6) is 0.456. The van der Waals surface area contributed by atoms with E-state index in [1.807, 2.05) is 24.3 Å². The summed E-state index contributed by atoms with van der Waals surface area (Å²) in [4.78, 5) is 13.9. The van der Waals surface area contributed by atoms with Crippen molar-refractivity contribution in [2.45, 2.75) is 12.1 Å². The molecule has 1 amide bonds. The number of ether oxygens (including phenoxy) is 1. The zero-order chi connectivity index (χ0) is 15.9. The molecule has 1 fully saturated rings. The van der Waals surface area contributed by atoms with Gasteiger partial charge in [-0.25, -0.2) is 0 Å². The van der Waals surface area contributed by atoms with Crippen molar-refractivity contribution >= 4 is 39.1 Å². The van der Waals surface area contributed by atoms with Gasteiger partial charge in [-0.1, -0.05) is 39.7 Å². The molecule has 2 atom stereocenters. The van der Waals surface area contributed by atoms with E-state index in [2.05, 4.69) is 15.9 Å². The van der Waals surface area contributed by atoms with Crippen LogP contribution in [0.25, 0.3) is 0 Å². The van der Waals surface area contributed by atoms with Crippen LogP contribution in [0.3, 0.4) is 0 Å². The molecule has 2 aromatic rings. The molecule has 0 spiro atoms. The summed E-state index contributed by atoms with van der Waals surface area (Å²) < 4.78 is 6.12. The lowest BCUT2D eigenvalue weighted by Gasteiger charge is -2.45. The maximum atomic E-state index is 12.2. The molecule has 0 aliphatic carbocycles. The van der Waals surface area contributed by atoms with Gasteiger partial charge in [0.05, 0.1) is 18.2 Å². The van der Waals surface area contributed by atoms with Crippen molar-refractivity contribution in [3.63, 3.8) is 0 Å². The molecule has 114 valence electrons. The first-order valence-electron chi connectivity index (χ1n) is 6.70. The maximum absolute atomic E-state index is 12.2. The quantitative estimate of drug-likeness (QED) is 0.828. The van der Waals surface area contributed by atoms with Gasteiger partial charge in [-0.05, 0) is 35.9 Å². The molecule has 4 nitrogen and oxygen atoms in total. The van der Waals surface area contributed by atoms with E-state index in [0.717, 1.165) is 10.0 Å². The molecule has 0 radical (unpaired) electrons. The molecular formula is C16H14BrClN2O2. The number of rotatable bonds is 3. The SMILES string of the molecule is COc1ccc(N2C(=O)[C@H](N)[C@H]2c2ccc(Br)cc2)cc1Cl. The normalized spacial score (nSPS) is 20.7. The van der Waals surface area contributed by atoms with Crippen LogP contribution >= 0.6 is 27.5 Å². The van der Waals surface area contributed by atoms with E-state index in [0.29, 0.717) is 16.5 Å². The van der Waals surface area contributed by atoms with Crippen molar-refractivity contribution in [1.29, 1.82) is 0 Å². The van der Waals surface area contributed by atoms with E-state index in [1.54, 1.807) is 30.2 Å². The molecule has 1 aliphatic rings.